The lowest BCUT2D eigenvalue weighted by Gasteiger charge is -2.04. The third-order valence-corrected chi connectivity index (χ3v) is 3.60. The van der Waals surface area contributed by atoms with Crippen molar-refractivity contribution in [1.82, 2.24) is 0 Å². The molecule has 0 aliphatic heterocycles. The van der Waals surface area contributed by atoms with Crippen LogP contribution in [0.15, 0.2) is 58.6 Å². The molecule has 0 atom stereocenters. The van der Waals surface area contributed by atoms with Crippen molar-refractivity contribution in [3.05, 3.63) is 65.5 Å². The van der Waals surface area contributed by atoms with E-state index in [1.165, 1.54) is 23.9 Å². The van der Waals surface area contributed by atoms with Gasteiger partial charge < -0.3 is 10.9 Å². The first-order chi connectivity index (χ1) is 9.19. The molecule has 2 aromatic rings. The van der Waals surface area contributed by atoms with E-state index in [0.717, 1.165) is 10.5 Å². The van der Waals surface area contributed by atoms with E-state index in [4.69, 9.17) is 10.9 Å². The summed E-state index contributed by atoms with van der Waals surface area (Å²) in [7, 11) is 0. The summed E-state index contributed by atoms with van der Waals surface area (Å²) in [5.74, 6) is 0.531. The number of thioether (sulfide) groups is 1. The predicted molar refractivity (Wildman–Crippen MR) is 74.9 cm³/mol. The second-order valence-electron chi connectivity index (χ2n) is 3.93. The van der Waals surface area contributed by atoms with Crippen LogP contribution in [0.25, 0.3) is 0 Å². The number of hydrogen-bond acceptors (Lipinski definition) is 3. The van der Waals surface area contributed by atoms with Gasteiger partial charge in [-0.3, -0.25) is 0 Å². The average molecular weight is 276 g/mol. The minimum Gasteiger partial charge on any atom is -0.409 e. The van der Waals surface area contributed by atoms with Gasteiger partial charge in [0, 0.05) is 16.2 Å². The van der Waals surface area contributed by atoms with Crippen LogP contribution in [0.2, 0.25) is 0 Å². The zero-order valence-corrected chi connectivity index (χ0v) is 10.9. The van der Waals surface area contributed by atoms with E-state index in [-0.39, 0.29) is 11.7 Å². The molecule has 2 aromatic carbocycles. The summed E-state index contributed by atoms with van der Waals surface area (Å²) >= 11 is 1.53. The number of hydrogen-bond donors (Lipinski definition) is 2. The highest BCUT2D eigenvalue weighted by molar-refractivity contribution is 7.98. The SMILES string of the molecule is NC(=NO)c1cccc(CSc2cccc(F)c2)c1. The van der Waals surface area contributed by atoms with Gasteiger partial charge in [-0.1, -0.05) is 29.4 Å². The van der Waals surface area contributed by atoms with Crippen LogP contribution in [-0.4, -0.2) is 11.0 Å². The fourth-order valence-electron chi connectivity index (χ4n) is 1.60. The Hall–Kier alpha value is -2.01. The Morgan fingerprint density at radius 2 is 2.00 bits per heavy atom. The van der Waals surface area contributed by atoms with Gasteiger partial charge in [0.1, 0.15) is 5.82 Å². The maximum Gasteiger partial charge on any atom is 0.170 e. The van der Waals surface area contributed by atoms with Crippen molar-refractivity contribution in [1.29, 1.82) is 0 Å². The largest absolute Gasteiger partial charge is 0.409 e. The smallest absolute Gasteiger partial charge is 0.170 e. The summed E-state index contributed by atoms with van der Waals surface area (Å²) in [4.78, 5) is 0.870. The normalized spacial score (nSPS) is 11.5. The molecule has 5 heteroatoms. The minimum absolute atomic E-state index is 0.0811. The van der Waals surface area contributed by atoms with Crippen LogP contribution in [0.3, 0.4) is 0 Å². The maximum absolute atomic E-state index is 13.0. The van der Waals surface area contributed by atoms with E-state index in [9.17, 15) is 4.39 Å². The van der Waals surface area contributed by atoms with E-state index in [0.29, 0.717) is 11.3 Å². The van der Waals surface area contributed by atoms with Gasteiger partial charge in [0.15, 0.2) is 5.84 Å². The van der Waals surface area contributed by atoms with Crippen LogP contribution in [0, 0.1) is 5.82 Å². The highest BCUT2D eigenvalue weighted by atomic mass is 32.2. The lowest BCUT2D eigenvalue weighted by atomic mass is 10.1. The van der Waals surface area contributed by atoms with Crippen LogP contribution < -0.4 is 5.73 Å². The summed E-state index contributed by atoms with van der Waals surface area (Å²) in [5.41, 5.74) is 7.23. The van der Waals surface area contributed by atoms with Gasteiger partial charge >= 0.3 is 0 Å². The maximum atomic E-state index is 13.0. The fourth-order valence-corrected chi connectivity index (χ4v) is 2.49. The molecular weight excluding hydrogens is 263 g/mol. The Kier molecular flexibility index (Phi) is 4.41. The van der Waals surface area contributed by atoms with Crippen molar-refractivity contribution >= 4 is 17.6 Å². The molecule has 0 saturated carbocycles. The molecule has 3 nitrogen and oxygen atoms in total. The van der Waals surface area contributed by atoms with E-state index >= 15 is 0 Å². The van der Waals surface area contributed by atoms with Gasteiger partial charge in [0.2, 0.25) is 0 Å². The van der Waals surface area contributed by atoms with Crippen LogP contribution >= 0.6 is 11.8 Å². The molecule has 0 aromatic heterocycles. The number of nitrogens with two attached hydrogens (primary N) is 1. The molecule has 0 bridgehead atoms. The average Bonchev–Trinajstić information content (AvgIpc) is 2.45. The zero-order valence-electron chi connectivity index (χ0n) is 10.1. The van der Waals surface area contributed by atoms with E-state index < -0.39 is 0 Å². The lowest BCUT2D eigenvalue weighted by Crippen LogP contribution is -2.13. The summed E-state index contributed by atoms with van der Waals surface area (Å²) in [6.07, 6.45) is 0. The molecule has 0 radical (unpaired) electrons. The number of amidine groups is 1. The first-order valence-corrected chi connectivity index (χ1v) is 6.63. The zero-order chi connectivity index (χ0) is 13.7. The van der Waals surface area contributed by atoms with Gasteiger partial charge in [-0.15, -0.1) is 11.8 Å². The Labute approximate surface area is 114 Å². The van der Waals surface area contributed by atoms with Crippen molar-refractivity contribution in [3.63, 3.8) is 0 Å². The second-order valence-corrected chi connectivity index (χ2v) is 4.98. The van der Waals surface area contributed by atoms with Gasteiger partial charge in [-0.2, -0.15) is 0 Å². The molecule has 19 heavy (non-hydrogen) atoms. The molecular formula is C14H13FN2OS. The van der Waals surface area contributed by atoms with Crippen LogP contribution in [-0.2, 0) is 5.75 Å². The molecule has 3 N–H and O–H groups in total. The van der Waals surface area contributed by atoms with E-state index in [2.05, 4.69) is 5.16 Å². The van der Waals surface area contributed by atoms with Crippen molar-refractivity contribution in [2.45, 2.75) is 10.6 Å². The standard InChI is InChI=1S/C14H13FN2OS/c15-12-5-2-6-13(8-12)19-9-10-3-1-4-11(7-10)14(16)17-18/h1-8,18H,9H2,(H2,16,17). The molecule has 98 valence electrons. The highest BCUT2D eigenvalue weighted by Crippen LogP contribution is 2.23. The summed E-state index contributed by atoms with van der Waals surface area (Å²) in [6, 6.07) is 13.9. The third-order valence-electron chi connectivity index (χ3n) is 2.53. The topological polar surface area (TPSA) is 58.6 Å². The molecule has 2 rings (SSSR count). The quantitative estimate of drug-likeness (QED) is 0.296. The molecule has 0 heterocycles. The van der Waals surface area contributed by atoms with Gasteiger partial charge in [-0.25, -0.2) is 4.39 Å². The van der Waals surface area contributed by atoms with Gasteiger partial charge in [0.05, 0.1) is 0 Å². The molecule has 0 unspecified atom stereocenters. The second kappa shape index (κ2) is 6.24. The van der Waals surface area contributed by atoms with Crippen molar-refractivity contribution in [2.24, 2.45) is 10.9 Å². The van der Waals surface area contributed by atoms with E-state index in [1.807, 2.05) is 24.3 Å². The molecule has 0 saturated heterocycles. The molecule has 0 amide bonds. The number of halogens is 1. The van der Waals surface area contributed by atoms with Crippen molar-refractivity contribution in [3.8, 4) is 0 Å². The van der Waals surface area contributed by atoms with Crippen LogP contribution in [0.5, 0.6) is 0 Å². The first-order valence-electron chi connectivity index (χ1n) is 5.64. The molecule has 0 aliphatic rings. The predicted octanol–water partition coefficient (Wildman–Crippen LogP) is 3.21. The van der Waals surface area contributed by atoms with Gasteiger partial charge in [-0.05, 0) is 29.8 Å². The molecule has 0 fully saturated rings. The number of nitrogens with zero attached hydrogens (tertiary/aromatic N) is 1. The highest BCUT2D eigenvalue weighted by Gasteiger charge is 2.02. The van der Waals surface area contributed by atoms with Gasteiger partial charge in [0.25, 0.3) is 0 Å². The summed E-state index contributed by atoms with van der Waals surface area (Å²) in [6.45, 7) is 0. The van der Waals surface area contributed by atoms with Crippen molar-refractivity contribution < 1.29 is 9.60 Å². The molecule has 0 aliphatic carbocycles. The minimum atomic E-state index is -0.240. The van der Waals surface area contributed by atoms with E-state index in [1.54, 1.807) is 12.1 Å². The first kappa shape index (κ1) is 13.4. The Bertz CT molecular complexity index is 602. The lowest BCUT2D eigenvalue weighted by molar-refractivity contribution is 0.318. The van der Waals surface area contributed by atoms with Crippen LogP contribution in [0.1, 0.15) is 11.1 Å². The summed E-state index contributed by atoms with van der Waals surface area (Å²) < 4.78 is 13.0. The molecule has 0 spiro atoms. The Morgan fingerprint density at radius 3 is 2.74 bits per heavy atom. The summed E-state index contributed by atoms with van der Waals surface area (Å²) in [5, 5.41) is 11.6. The number of rotatable bonds is 4. The Balaban J connectivity index is 2.08. The van der Waals surface area contributed by atoms with Crippen molar-refractivity contribution in [2.75, 3.05) is 0 Å². The fraction of sp³-hybridized carbons (Fsp3) is 0.0714. The monoisotopic (exact) mass is 276 g/mol. The number of oxime groups is 1. The number of benzene rings is 2. The third kappa shape index (κ3) is 3.72. The Morgan fingerprint density at radius 1 is 1.21 bits per heavy atom. The van der Waals surface area contributed by atoms with Crippen LogP contribution in [0.4, 0.5) is 4.39 Å².